The van der Waals surface area contributed by atoms with Gasteiger partial charge < -0.3 is 9.47 Å². The van der Waals surface area contributed by atoms with Gasteiger partial charge in [-0.15, -0.1) is 0 Å². The Balaban J connectivity index is 1.30. The van der Waals surface area contributed by atoms with E-state index in [9.17, 15) is 8.42 Å². The fourth-order valence-corrected chi connectivity index (χ4v) is 5.32. The Hall–Kier alpha value is -1.87. The quantitative estimate of drug-likeness (QED) is 0.673. The highest BCUT2D eigenvalue weighted by atomic mass is 32.2. The summed E-state index contributed by atoms with van der Waals surface area (Å²) in [6, 6.07) is 8.97. The Labute approximate surface area is 159 Å². The lowest BCUT2D eigenvalue weighted by atomic mass is 9.80. The van der Waals surface area contributed by atoms with Crippen LogP contribution in [0.1, 0.15) is 18.5 Å². The van der Waals surface area contributed by atoms with Crippen molar-refractivity contribution in [2.75, 3.05) is 26.3 Å². The number of rotatable bonds is 7. The molecule has 4 rings (SSSR count). The van der Waals surface area contributed by atoms with E-state index in [2.05, 4.69) is 9.97 Å². The largest absolute Gasteiger partial charge is 0.375 e. The molecule has 27 heavy (non-hydrogen) atoms. The summed E-state index contributed by atoms with van der Waals surface area (Å²) in [6.45, 7) is 2.57. The van der Waals surface area contributed by atoms with Gasteiger partial charge in [0.05, 0.1) is 17.9 Å². The highest BCUT2D eigenvalue weighted by molar-refractivity contribution is 7.89. The van der Waals surface area contributed by atoms with Crippen molar-refractivity contribution in [3.8, 4) is 0 Å². The maximum absolute atomic E-state index is 12.7. The van der Waals surface area contributed by atoms with Crippen LogP contribution in [0.5, 0.6) is 0 Å². The molecule has 0 saturated carbocycles. The zero-order chi connectivity index (χ0) is 18.7. The fraction of sp³-hybridized carbons (Fsp3) is 0.474. The van der Waals surface area contributed by atoms with Gasteiger partial charge in [0.1, 0.15) is 4.90 Å². The molecule has 2 aromatic heterocycles. The predicted octanol–water partition coefficient (Wildman–Crippen LogP) is 1.86. The van der Waals surface area contributed by atoms with Crippen LogP contribution in [0.25, 0.3) is 0 Å². The average Bonchev–Trinajstić information content (AvgIpc) is 3.10. The maximum Gasteiger partial charge on any atom is 0.244 e. The van der Waals surface area contributed by atoms with Gasteiger partial charge in [0.25, 0.3) is 0 Å². The summed E-state index contributed by atoms with van der Waals surface area (Å²) in [7, 11) is -3.50. The van der Waals surface area contributed by atoms with Crippen LogP contribution in [0.15, 0.2) is 53.8 Å². The number of ether oxygens (including phenoxy) is 2. The molecule has 1 atom stereocenters. The molecule has 0 bridgehead atoms. The number of hydrogen-bond acceptors (Lipinski definition) is 6. The molecule has 0 aromatic carbocycles. The number of aromatic nitrogens is 2. The first-order valence-electron chi connectivity index (χ1n) is 9.12. The van der Waals surface area contributed by atoms with Crippen molar-refractivity contribution in [2.24, 2.45) is 5.92 Å². The van der Waals surface area contributed by atoms with Crippen molar-refractivity contribution < 1.29 is 17.9 Å². The Kier molecular flexibility index (Phi) is 5.23. The molecular weight excluding hydrogens is 366 g/mol. The number of sulfonamides is 1. The summed E-state index contributed by atoms with van der Waals surface area (Å²) in [5, 5.41) is 0. The molecule has 0 amide bonds. The molecule has 2 fully saturated rings. The van der Waals surface area contributed by atoms with Crippen molar-refractivity contribution in [3.63, 3.8) is 0 Å². The Morgan fingerprint density at radius 1 is 1.22 bits per heavy atom. The van der Waals surface area contributed by atoms with Crippen LogP contribution >= 0.6 is 0 Å². The molecule has 2 aromatic rings. The molecule has 0 radical (unpaired) electrons. The molecule has 4 heterocycles. The monoisotopic (exact) mass is 389 g/mol. The molecule has 144 valence electrons. The van der Waals surface area contributed by atoms with E-state index in [1.54, 1.807) is 24.5 Å². The van der Waals surface area contributed by atoms with Crippen LogP contribution in [0, 0.1) is 5.92 Å². The van der Waals surface area contributed by atoms with Crippen LogP contribution in [-0.4, -0.2) is 54.6 Å². The van der Waals surface area contributed by atoms with Crippen molar-refractivity contribution in [2.45, 2.75) is 29.9 Å². The zero-order valence-electron chi connectivity index (χ0n) is 15.0. The van der Waals surface area contributed by atoms with Crippen LogP contribution < -0.4 is 0 Å². The van der Waals surface area contributed by atoms with E-state index in [4.69, 9.17) is 9.47 Å². The Morgan fingerprint density at radius 3 is 2.85 bits per heavy atom. The zero-order valence-corrected chi connectivity index (χ0v) is 15.8. The molecule has 2 aliphatic heterocycles. The van der Waals surface area contributed by atoms with E-state index < -0.39 is 10.0 Å². The van der Waals surface area contributed by atoms with Gasteiger partial charge in [-0.1, -0.05) is 6.07 Å². The van der Waals surface area contributed by atoms with Crippen LogP contribution in [-0.2, 0) is 26.1 Å². The van der Waals surface area contributed by atoms with Crippen LogP contribution in [0.4, 0.5) is 0 Å². The summed E-state index contributed by atoms with van der Waals surface area (Å²) in [6.07, 6.45) is 6.50. The SMILES string of the molecule is O=S(=O)(c1cccnc1)N1CC2(C1)OCC[C@@H]2CCOCc1ccccn1. The fourth-order valence-electron chi connectivity index (χ4n) is 3.80. The molecule has 2 aliphatic rings. The number of nitrogens with zero attached hydrogens (tertiary/aromatic N) is 3. The van der Waals surface area contributed by atoms with Gasteiger partial charge in [-0.2, -0.15) is 4.31 Å². The van der Waals surface area contributed by atoms with Crippen molar-refractivity contribution in [3.05, 3.63) is 54.6 Å². The molecular formula is C19H23N3O4S. The highest BCUT2D eigenvalue weighted by Crippen LogP contribution is 2.43. The third kappa shape index (κ3) is 3.75. The van der Waals surface area contributed by atoms with Gasteiger partial charge in [-0.25, -0.2) is 8.42 Å². The van der Waals surface area contributed by atoms with E-state index in [1.165, 1.54) is 10.5 Å². The molecule has 0 unspecified atom stereocenters. The first-order valence-corrected chi connectivity index (χ1v) is 10.6. The summed E-state index contributed by atoms with van der Waals surface area (Å²) in [5.41, 5.74) is 0.538. The molecule has 0 N–H and O–H groups in total. The van der Waals surface area contributed by atoms with Gasteiger partial charge in [0, 0.05) is 44.9 Å². The third-order valence-corrected chi connectivity index (χ3v) is 7.12. The summed E-state index contributed by atoms with van der Waals surface area (Å²) in [5.74, 6) is 0.307. The van der Waals surface area contributed by atoms with Gasteiger partial charge in [0.15, 0.2) is 0 Å². The van der Waals surface area contributed by atoms with Gasteiger partial charge >= 0.3 is 0 Å². The van der Waals surface area contributed by atoms with Crippen molar-refractivity contribution in [1.29, 1.82) is 0 Å². The normalized spacial score (nSPS) is 22.0. The summed E-state index contributed by atoms with van der Waals surface area (Å²) < 4.78 is 38.6. The first-order chi connectivity index (χ1) is 13.1. The topological polar surface area (TPSA) is 81.6 Å². The average molecular weight is 389 g/mol. The second-order valence-corrected chi connectivity index (χ2v) is 8.96. The minimum absolute atomic E-state index is 0.230. The molecule has 2 saturated heterocycles. The molecule has 8 heteroatoms. The molecule has 0 aliphatic carbocycles. The van der Waals surface area contributed by atoms with E-state index in [1.807, 2.05) is 18.2 Å². The minimum atomic E-state index is -3.50. The van der Waals surface area contributed by atoms with E-state index in [-0.39, 0.29) is 10.5 Å². The second kappa shape index (κ2) is 7.63. The van der Waals surface area contributed by atoms with E-state index >= 15 is 0 Å². The van der Waals surface area contributed by atoms with Crippen LogP contribution in [0.2, 0.25) is 0 Å². The summed E-state index contributed by atoms with van der Waals surface area (Å²) in [4.78, 5) is 8.38. The summed E-state index contributed by atoms with van der Waals surface area (Å²) >= 11 is 0. The Morgan fingerprint density at radius 2 is 2.11 bits per heavy atom. The maximum atomic E-state index is 12.7. The predicted molar refractivity (Wildman–Crippen MR) is 98.3 cm³/mol. The minimum Gasteiger partial charge on any atom is -0.375 e. The standard InChI is InChI=1S/C19H23N3O4S/c23-27(24,18-5-3-8-20-12-18)22-14-19(15-22)16(7-11-26-19)6-10-25-13-17-4-1-2-9-21-17/h1-5,8-9,12,16H,6-7,10-11,13-15H2/t16-/m0/s1. The lowest BCUT2D eigenvalue weighted by molar-refractivity contribution is -0.106. The first kappa shape index (κ1) is 18.5. The lowest BCUT2D eigenvalue weighted by Crippen LogP contribution is -2.65. The van der Waals surface area contributed by atoms with Gasteiger partial charge in [-0.05, 0) is 43.0 Å². The smallest absolute Gasteiger partial charge is 0.244 e. The third-order valence-electron chi connectivity index (χ3n) is 5.35. The van der Waals surface area contributed by atoms with Crippen LogP contribution in [0.3, 0.4) is 0 Å². The van der Waals surface area contributed by atoms with Crippen molar-refractivity contribution in [1.82, 2.24) is 14.3 Å². The van der Waals surface area contributed by atoms with Gasteiger partial charge in [-0.3, -0.25) is 9.97 Å². The van der Waals surface area contributed by atoms with Crippen molar-refractivity contribution >= 4 is 10.0 Å². The van der Waals surface area contributed by atoms with Gasteiger partial charge in [0.2, 0.25) is 10.0 Å². The van der Waals surface area contributed by atoms with E-state index in [0.29, 0.717) is 38.8 Å². The Bertz CT molecular complexity index is 855. The lowest BCUT2D eigenvalue weighted by Gasteiger charge is -2.49. The highest BCUT2D eigenvalue weighted by Gasteiger charge is 2.56. The van der Waals surface area contributed by atoms with E-state index in [0.717, 1.165) is 18.5 Å². The molecule has 1 spiro atoms. The molecule has 7 nitrogen and oxygen atoms in total. The number of pyridine rings is 2. The second-order valence-electron chi connectivity index (χ2n) is 7.02. The number of hydrogen-bond donors (Lipinski definition) is 0.